The number of fused-ring (bicyclic) bond motifs is 1. The summed E-state index contributed by atoms with van der Waals surface area (Å²) in [5.41, 5.74) is 0.178. The van der Waals surface area contributed by atoms with E-state index in [0.717, 1.165) is 39.9 Å². The first-order valence-corrected chi connectivity index (χ1v) is 12.3. The first kappa shape index (κ1) is 26.3. The van der Waals surface area contributed by atoms with Gasteiger partial charge in [-0.2, -0.15) is 5.26 Å². The molecular weight excluding hydrogens is 446 g/mol. The van der Waals surface area contributed by atoms with Crippen LogP contribution in [0.3, 0.4) is 0 Å². The summed E-state index contributed by atoms with van der Waals surface area (Å²) >= 11 is 2.84. The van der Waals surface area contributed by atoms with Crippen LogP contribution < -0.4 is 4.74 Å². The molecule has 1 aromatic carbocycles. The van der Waals surface area contributed by atoms with Crippen molar-refractivity contribution in [1.82, 2.24) is 0 Å². The minimum absolute atomic E-state index is 0.00814. The van der Waals surface area contributed by atoms with Gasteiger partial charge in [0, 0.05) is 11.3 Å². The van der Waals surface area contributed by atoms with Gasteiger partial charge in [0.05, 0.1) is 27.4 Å². The van der Waals surface area contributed by atoms with Crippen LogP contribution >= 0.6 is 23.5 Å². The lowest BCUT2D eigenvalue weighted by atomic mass is 9.89. The Balaban J connectivity index is 0.00000176. The van der Waals surface area contributed by atoms with Crippen LogP contribution in [-0.4, -0.2) is 36.2 Å². The number of nitriles is 1. The summed E-state index contributed by atoms with van der Waals surface area (Å²) in [6.45, 7) is 9.68. The highest BCUT2D eigenvalue weighted by molar-refractivity contribution is 8.24. The summed E-state index contributed by atoms with van der Waals surface area (Å²) in [4.78, 5) is 22.5. The molecule has 32 heavy (non-hydrogen) atoms. The molecular formula is C24H31NO5S2. The van der Waals surface area contributed by atoms with Crippen LogP contribution in [0.4, 0.5) is 0 Å². The molecule has 174 valence electrons. The van der Waals surface area contributed by atoms with Crippen LogP contribution in [0.1, 0.15) is 58.4 Å². The average Bonchev–Trinajstić information content (AvgIpc) is 3.19. The Morgan fingerprint density at radius 1 is 1.22 bits per heavy atom. The smallest absolute Gasteiger partial charge is 0.350 e. The fraction of sp³-hybridized carbons (Fsp3) is 0.542. The molecule has 0 atom stereocenters. The number of rotatable bonds is 6. The zero-order valence-electron chi connectivity index (χ0n) is 19.1. The van der Waals surface area contributed by atoms with E-state index in [9.17, 15) is 15.2 Å². The van der Waals surface area contributed by atoms with E-state index in [2.05, 4.69) is 6.92 Å². The maximum atomic E-state index is 12.5. The van der Waals surface area contributed by atoms with E-state index in [1.807, 2.05) is 31.9 Å². The van der Waals surface area contributed by atoms with Crippen molar-refractivity contribution in [2.45, 2.75) is 81.3 Å². The number of benzene rings is 1. The van der Waals surface area contributed by atoms with E-state index in [1.54, 1.807) is 13.8 Å². The van der Waals surface area contributed by atoms with E-state index in [4.69, 9.17) is 14.3 Å². The monoisotopic (exact) mass is 477 g/mol. The molecule has 0 spiro atoms. The summed E-state index contributed by atoms with van der Waals surface area (Å²) in [5, 5.41) is 19.4. The van der Waals surface area contributed by atoms with Crippen molar-refractivity contribution in [1.29, 1.82) is 5.26 Å². The van der Waals surface area contributed by atoms with Gasteiger partial charge < -0.3 is 19.4 Å². The third-order valence-electron chi connectivity index (χ3n) is 5.39. The van der Waals surface area contributed by atoms with Crippen molar-refractivity contribution in [2.24, 2.45) is 5.92 Å². The Hall–Kier alpha value is -1.95. The second-order valence-electron chi connectivity index (χ2n) is 8.72. The molecule has 0 unspecified atom stereocenters. The number of hydrogen-bond donors (Lipinski definition) is 1. The molecule has 6 nitrogen and oxygen atoms in total. The second kappa shape index (κ2) is 11.8. The lowest BCUT2D eigenvalue weighted by molar-refractivity contribution is -0.139. The third-order valence-corrected chi connectivity index (χ3v) is 8.13. The molecule has 0 amide bonds. The van der Waals surface area contributed by atoms with E-state index in [-0.39, 0.29) is 18.3 Å². The normalized spacial score (nSPS) is 21.5. The SMILES string of the molecule is C=O.Cc1ccc(OC2CCC(C)CC2)c2c1S/C(=C(/C#N)C(=O)OCCC(C)(C)O)S2. The minimum atomic E-state index is -0.923. The Bertz CT molecular complexity index is 893. The van der Waals surface area contributed by atoms with Crippen LogP contribution in [0.25, 0.3) is 0 Å². The first-order valence-electron chi connectivity index (χ1n) is 10.7. The fourth-order valence-corrected chi connectivity index (χ4v) is 6.08. The molecule has 0 saturated heterocycles. The second-order valence-corrected chi connectivity index (χ2v) is 11.0. The lowest BCUT2D eigenvalue weighted by Crippen LogP contribution is -2.23. The molecule has 1 fully saturated rings. The molecule has 0 radical (unpaired) electrons. The zero-order valence-corrected chi connectivity index (χ0v) is 20.7. The Kier molecular flexibility index (Phi) is 9.68. The molecule has 1 aromatic rings. The largest absolute Gasteiger partial charge is 0.489 e. The number of aliphatic hydroxyl groups is 1. The maximum Gasteiger partial charge on any atom is 0.350 e. The van der Waals surface area contributed by atoms with Crippen LogP contribution in [0, 0.1) is 24.2 Å². The minimum Gasteiger partial charge on any atom is -0.489 e. The standard InChI is InChI=1S/C23H29NO4S2.CH2O/c1-14-5-8-16(9-6-14)28-18-10-7-15(2)19-20(18)30-22(29-19)17(13-24)21(25)27-12-11-23(3,4)26;1-2/h7,10,14,16,26H,5-6,8-9,11-12H2,1-4H3;1H2/b22-17+;. The highest BCUT2D eigenvalue weighted by atomic mass is 32.2. The van der Waals surface area contributed by atoms with Gasteiger partial charge in [-0.3, -0.25) is 0 Å². The maximum absolute atomic E-state index is 12.5. The van der Waals surface area contributed by atoms with E-state index < -0.39 is 11.6 Å². The highest BCUT2D eigenvalue weighted by Gasteiger charge is 2.31. The molecule has 0 bridgehead atoms. The summed E-state index contributed by atoms with van der Waals surface area (Å²) in [7, 11) is 0. The number of hydrogen-bond acceptors (Lipinski definition) is 8. The molecule has 1 N–H and O–H groups in total. The van der Waals surface area contributed by atoms with Crippen molar-refractivity contribution >= 4 is 36.3 Å². The number of thioether (sulfide) groups is 2. The number of aryl methyl sites for hydroxylation is 1. The molecule has 1 saturated carbocycles. The lowest BCUT2D eigenvalue weighted by Gasteiger charge is -2.27. The van der Waals surface area contributed by atoms with E-state index in [0.29, 0.717) is 10.7 Å². The van der Waals surface area contributed by atoms with Gasteiger partial charge in [0.25, 0.3) is 0 Å². The van der Waals surface area contributed by atoms with Gasteiger partial charge in [-0.1, -0.05) is 36.5 Å². The van der Waals surface area contributed by atoms with Gasteiger partial charge in [-0.15, -0.1) is 0 Å². The zero-order chi connectivity index (χ0) is 23.9. The van der Waals surface area contributed by atoms with Gasteiger partial charge >= 0.3 is 5.97 Å². The van der Waals surface area contributed by atoms with Crippen molar-refractivity contribution in [3.8, 4) is 11.8 Å². The molecule has 3 rings (SSSR count). The topological polar surface area (TPSA) is 96.6 Å². The van der Waals surface area contributed by atoms with Gasteiger partial charge in [-0.25, -0.2) is 4.79 Å². The Morgan fingerprint density at radius 3 is 2.44 bits per heavy atom. The van der Waals surface area contributed by atoms with Gasteiger partial charge in [-0.05, 0) is 64.0 Å². The van der Waals surface area contributed by atoms with Gasteiger partial charge in [0.15, 0.2) is 5.57 Å². The van der Waals surface area contributed by atoms with Crippen LogP contribution in [0.5, 0.6) is 5.75 Å². The summed E-state index contributed by atoms with van der Waals surface area (Å²) in [5.74, 6) is 0.940. The predicted octanol–water partition coefficient (Wildman–Crippen LogP) is 5.40. The van der Waals surface area contributed by atoms with Crippen molar-refractivity contribution in [3.63, 3.8) is 0 Å². The summed E-state index contributed by atoms with van der Waals surface area (Å²) < 4.78 is 12.2. The Morgan fingerprint density at radius 2 is 1.84 bits per heavy atom. The summed E-state index contributed by atoms with van der Waals surface area (Å²) in [6, 6.07) is 6.04. The number of esters is 1. The molecule has 1 aliphatic carbocycles. The Labute approximate surface area is 198 Å². The fourth-order valence-electron chi connectivity index (χ4n) is 3.43. The van der Waals surface area contributed by atoms with Gasteiger partial charge in [0.2, 0.25) is 0 Å². The number of ether oxygens (including phenoxy) is 2. The first-order chi connectivity index (χ1) is 15.2. The molecule has 2 aliphatic rings. The quantitative estimate of drug-likeness (QED) is 0.330. The molecule has 8 heteroatoms. The molecule has 0 aromatic heterocycles. The van der Waals surface area contributed by atoms with E-state index in [1.165, 1.54) is 36.4 Å². The van der Waals surface area contributed by atoms with Crippen molar-refractivity contribution < 1.29 is 24.2 Å². The summed E-state index contributed by atoms with van der Waals surface area (Å²) in [6.07, 6.45) is 5.00. The number of nitrogens with zero attached hydrogens (tertiary/aromatic N) is 1. The highest BCUT2D eigenvalue weighted by Crippen LogP contribution is 2.57. The third kappa shape index (κ3) is 7.03. The van der Waals surface area contributed by atoms with Gasteiger partial charge in [0.1, 0.15) is 18.6 Å². The van der Waals surface area contributed by atoms with Crippen LogP contribution in [0.15, 0.2) is 31.7 Å². The van der Waals surface area contributed by atoms with Crippen LogP contribution in [-0.2, 0) is 14.3 Å². The predicted molar refractivity (Wildman–Crippen MR) is 127 cm³/mol. The van der Waals surface area contributed by atoms with Crippen molar-refractivity contribution in [3.05, 3.63) is 27.5 Å². The average molecular weight is 478 g/mol. The number of carbonyl (C=O) groups excluding carboxylic acids is 2. The molecule has 1 aliphatic heterocycles. The number of carbonyl (C=O) groups is 2. The van der Waals surface area contributed by atoms with Crippen LogP contribution in [0.2, 0.25) is 0 Å². The van der Waals surface area contributed by atoms with Crippen molar-refractivity contribution in [2.75, 3.05) is 6.61 Å². The van der Waals surface area contributed by atoms with E-state index >= 15 is 0 Å². The molecule has 1 heterocycles.